The number of halogens is 1. The quantitative estimate of drug-likeness (QED) is 0.932. The highest BCUT2D eigenvalue weighted by molar-refractivity contribution is 7.90. The highest BCUT2D eigenvalue weighted by Crippen LogP contribution is 2.25. The SMILES string of the molecule is CC1CCCCN1S(=O)(=O)Nc1cc(Cl)ccc1C#N. The molecular formula is C13H16ClN3O2S. The van der Waals surface area contributed by atoms with Crippen molar-refractivity contribution in [1.82, 2.24) is 4.31 Å². The predicted molar refractivity (Wildman–Crippen MR) is 78.7 cm³/mol. The van der Waals surface area contributed by atoms with Crippen LogP contribution in [0.5, 0.6) is 0 Å². The monoisotopic (exact) mass is 313 g/mol. The average Bonchev–Trinajstić information content (AvgIpc) is 2.39. The van der Waals surface area contributed by atoms with Crippen LogP contribution in [0.4, 0.5) is 5.69 Å². The van der Waals surface area contributed by atoms with Crippen molar-refractivity contribution in [1.29, 1.82) is 5.26 Å². The number of piperidine rings is 1. The summed E-state index contributed by atoms with van der Waals surface area (Å²) < 4.78 is 28.7. The van der Waals surface area contributed by atoms with E-state index in [1.807, 2.05) is 13.0 Å². The first-order valence-corrected chi connectivity index (χ1v) is 8.25. The highest BCUT2D eigenvalue weighted by atomic mass is 35.5. The Morgan fingerprint density at radius 1 is 1.45 bits per heavy atom. The van der Waals surface area contributed by atoms with E-state index >= 15 is 0 Å². The lowest BCUT2D eigenvalue weighted by Gasteiger charge is -2.32. The van der Waals surface area contributed by atoms with Gasteiger partial charge in [-0.15, -0.1) is 0 Å². The van der Waals surface area contributed by atoms with Crippen LogP contribution in [-0.4, -0.2) is 25.3 Å². The predicted octanol–water partition coefficient (Wildman–Crippen LogP) is 2.74. The molecule has 20 heavy (non-hydrogen) atoms. The number of nitrogens with zero attached hydrogens (tertiary/aromatic N) is 2. The zero-order valence-electron chi connectivity index (χ0n) is 11.1. The molecule has 1 N–H and O–H groups in total. The van der Waals surface area contributed by atoms with Gasteiger partial charge >= 0.3 is 10.2 Å². The third kappa shape index (κ3) is 3.23. The second-order valence-electron chi connectivity index (χ2n) is 4.86. The molecule has 0 spiro atoms. The van der Waals surface area contributed by atoms with Crippen LogP contribution in [0.15, 0.2) is 18.2 Å². The van der Waals surface area contributed by atoms with Gasteiger partial charge in [0, 0.05) is 17.6 Å². The lowest BCUT2D eigenvalue weighted by molar-refractivity contribution is 0.270. The summed E-state index contributed by atoms with van der Waals surface area (Å²) in [6.45, 7) is 2.39. The largest absolute Gasteiger partial charge is 0.301 e. The molecule has 0 bridgehead atoms. The molecule has 1 unspecified atom stereocenters. The van der Waals surface area contributed by atoms with Gasteiger partial charge in [-0.1, -0.05) is 18.0 Å². The summed E-state index contributed by atoms with van der Waals surface area (Å²) in [6, 6.07) is 6.43. The van der Waals surface area contributed by atoms with Crippen LogP contribution in [0, 0.1) is 11.3 Å². The second kappa shape index (κ2) is 6.00. The molecule has 0 saturated carbocycles. The van der Waals surface area contributed by atoms with E-state index in [1.54, 1.807) is 6.07 Å². The van der Waals surface area contributed by atoms with Crippen LogP contribution in [-0.2, 0) is 10.2 Å². The van der Waals surface area contributed by atoms with Crippen molar-refractivity contribution in [2.75, 3.05) is 11.3 Å². The van der Waals surface area contributed by atoms with Crippen molar-refractivity contribution < 1.29 is 8.42 Å². The molecule has 1 fully saturated rings. The average molecular weight is 314 g/mol. The third-order valence-corrected chi connectivity index (χ3v) is 5.26. The number of nitriles is 1. The smallest absolute Gasteiger partial charge is 0.270 e. The molecule has 5 nitrogen and oxygen atoms in total. The fourth-order valence-electron chi connectivity index (χ4n) is 2.32. The van der Waals surface area contributed by atoms with Crippen molar-refractivity contribution in [2.24, 2.45) is 0 Å². The van der Waals surface area contributed by atoms with Crippen molar-refractivity contribution in [3.63, 3.8) is 0 Å². The van der Waals surface area contributed by atoms with Gasteiger partial charge in [-0.3, -0.25) is 4.72 Å². The number of nitrogens with one attached hydrogen (secondary N) is 1. The van der Waals surface area contributed by atoms with Gasteiger partial charge in [0.2, 0.25) is 0 Å². The minimum atomic E-state index is -3.66. The summed E-state index contributed by atoms with van der Waals surface area (Å²) in [7, 11) is -3.66. The summed E-state index contributed by atoms with van der Waals surface area (Å²) in [5.74, 6) is 0. The van der Waals surface area contributed by atoms with Gasteiger partial charge < -0.3 is 0 Å². The van der Waals surface area contributed by atoms with Crippen molar-refractivity contribution in [2.45, 2.75) is 32.2 Å². The zero-order valence-corrected chi connectivity index (χ0v) is 12.7. The minimum Gasteiger partial charge on any atom is -0.270 e. The molecule has 1 aromatic rings. The molecule has 0 radical (unpaired) electrons. The minimum absolute atomic E-state index is 0.0361. The van der Waals surface area contributed by atoms with E-state index in [0.717, 1.165) is 19.3 Å². The fraction of sp³-hybridized carbons (Fsp3) is 0.462. The van der Waals surface area contributed by atoms with Crippen molar-refractivity contribution >= 4 is 27.5 Å². The molecule has 1 aliphatic heterocycles. The van der Waals surface area contributed by atoms with Crippen molar-refractivity contribution in [3.05, 3.63) is 28.8 Å². The molecular weight excluding hydrogens is 298 g/mol. The Morgan fingerprint density at radius 2 is 2.20 bits per heavy atom. The van der Waals surface area contributed by atoms with Crippen LogP contribution in [0.25, 0.3) is 0 Å². The standard InChI is InChI=1S/C13H16ClN3O2S/c1-10-4-2-3-7-17(10)20(18,19)16-13-8-12(14)6-5-11(13)9-15/h5-6,8,10,16H,2-4,7H2,1H3. The summed E-state index contributed by atoms with van der Waals surface area (Å²) in [5, 5.41) is 9.41. The molecule has 1 saturated heterocycles. The normalized spacial score (nSPS) is 20.4. The van der Waals surface area contributed by atoms with Crippen LogP contribution in [0.2, 0.25) is 5.02 Å². The molecule has 108 valence electrons. The topological polar surface area (TPSA) is 73.2 Å². The van der Waals surface area contributed by atoms with Gasteiger partial charge in [0.1, 0.15) is 6.07 Å². The molecule has 1 aromatic carbocycles. The van der Waals surface area contributed by atoms with Crippen LogP contribution >= 0.6 is 11.6 Å². The van der Waals surface area contributed by atoms with Crippen molar-refractivity contribution in [3.8, 4) is 6.07 Å². The Bertz CT molecular complexity index is 640. The number of anilines is 1. The summed E-state index contributed by atoms with van der Waals surface area (Å²) in [4.78, 5) is 0. The lowest BCUT2D eigenvalue weighted by Crippen LogP contribution is -2.44. The molecule has 0 aliphatic carbocycles. The van der Waals surface area contributed by atoms with E-state index in [1.165, 1.54) is 16.4 Å². The van der Waals surface area contributed by atoms with Gasteiger partial charge in [-0.25, -0.2) is 0 Å². The van der Waals surface area contributed by atoms with E-state index < -0.39 is 10.2 Å². The van der Waals surface area contributed by atoms with E-state index in [9.17, 15) is 8.42 Å². The van der Waals surface area contributed by atoms with Gasteiger partial charge in [0.15, 0.2) is 0 Å². The Balaban J connectivity index is 2.28. The lowest BCUT2D eigenvalue weighted by atomic mass is 10.1. The van der Waals surface area contributed by atoms with E-state index in [2.05, 4.69) is 4.72 Å². The molecule has 2 rings (SSSR count). The zero-order chi connectivity index (χ0) is 14.8. The Labute approximate surface area is 124 Å². The molecule has 0 amide bonds. The second-order valence-corrected chi connectivity index (χ2v) is 6.92. The Hall–Kier alpha value is -1.29. The number of hydrogen-bond acceptors (Lipinski definition) is 3. The number of rotatable bonds is 3. The molecule has 0 aromatic heterocycles. The summed E-state index contributed by atoms with van der Waals surface area (Å²) in [6.07, 6.45) is 2.74. The van der Waals surface area contributed by atoms with E-state index in [4.69, 9.17) is 16.9 Å². The van der Waals surface area contributed by atoms with Gasteiger partial charge in [0.25, 0.3) is 0 Å². The van der Waals surface area contributed by atoms with Crippen LogP contribution in [0.1, 0.15) is 31.7 Å². The van der Waals surface area contributed by atoms with Crippen LogP contribution < -0.4 is 4.72 Å². The van der Waals surface area contributed by atoms with E-state index in [0.29, 0.717) is 11.6 Å². The first-order chi connectivity index (χ1) is 9.44. The fourth-order valence-corrected chi connectivity index (χ4v) is 4.01. The molecule has 1 aliphatic rings. The maximum absolute atomic E-state index is 12.4. The van der Waals surface area contributed by atoms with Gasteiger partial charge in [-0.2, -0.15) is 18.0 Å². The van der Waals surface area contributed by atoms with Crippen LogP contribution in [0.3, 0.4) is 0 Å². The summed E-state index contributed by atoms with van der Waals surface area (Å²) in [5.41, 5.74) is 0.473. The Morgan fingerprint density at radius 3 is 2.85 bits per heavy atom. The first kappa shape index (κ1) is 15.1. The third-order valence-electron chi connectivity index (χ3n) is 3.39. The molecule has 1 atom stereocenters. The molecule has 7 heteroatoms. The highest BCUT2D eigenvalue weighted by Gasteiger charge is 2.29. The Kier molecular flexibility index (Phi) is 4.53. The number of benzene rings is 1. The maximum atomic E-state index is 12.4. The molecule has 1 heterocycles. The van der Waals surface area contributed by atoms with Gasteiger partial charge in [-0.05, 0) is 38.0 Å². The van der Waals surface area contributed by atoms with E-state index in [-0.39, 0.29) is 17.3 Å². The number of hydrogen-bond donors (Lipinski definition) is 1. The summed E-state index contributed by atoms with van der Waals surface area (Å²) >= 11 is 5.86. The van der Waals surface area contributed by atoms with Gasteiger partial charge in [0.05, 0.1) is 11.3 Å². The first-order valence-electron chi connectivity index (χ1n) is 6.43. The maximum Gasteiger partial charge on any atom is 0.301 e.